The highest BCUT2D eigenvalue weighted by molar-refractivity contribution is 7.99. The van der Waals surface area contributed by atoms with E-state index in [1.165, 1.54) is 17.0 Å². The summed E-state index contributed by atoms with van der Waals surface area (Å²) in [5.74, 6) is 0.664. The Hall–Kier alpha value is -1.87. The Labute approximate surface area is 175 Å². The van der Waals surface area contributed by atoms with Crippen LogP contribution in [0.1, 0.15) is 41.2 Å². The Morgan fingerprint density at radius 2 is 2.00 bits per heavy atom. The molecule has 2 aromatic rings. The van der Waals surface area contributed by atoms with E-state index in [0.29, 0.717) is 12.2 Å². The van der Waals surface area contributed by atoms with E-state index in [1.807, 2.05) is 18.2 Å². The first kappa shape index (κ1) is 20.4. The molecule has 8 heteroatoms. The number of thioether (sulfide) groups is 1. The van der Waals surface area contributed by atoms with Crippen molar-refractivity contribution in [2.24, 2.45) is 0 Å². The van der Waals surface area contributed by atoms with Crippen molar-refractivity contribution >= 4 is 27.7 Å². The SMILES string of the molecule is O=C(N[C@@H]1CCSc2ccccc21)c1cccc(S(=O)(=O)NC[C@H]2CCCO2)c1. The summed E-state index contributed by atoms with van der Waals surface area (Å²) in [6.45, 7) is 0.917. The molecule has 2 aliphatic rings. The number of nitrogens with one attached hydrogen (secondary N) is 2. The van der Waals surface area contributed by atoms with E-state index in [1.54, 1.807) is 23.9 Å². The van der Waals surface area contributed by atoms with Gasteiger partial charge in [0.15, 0.2) is 0 Å². The lowest BCUT2D eigenvalue weighted by Crippen LogP contribution is -2.32. The Bertz CT molecular complexity index is 988. The fourth-order valence-corrected chi connectivity index (χ4v) is 5.87. The third-order valence-electron chi connectivity index (χ3n) is 5.20. The van der Waals surface area contributed by atoms with Gasteiger partial charge in [0.05, 0.1) is 17.0 Å². The molecule has 0 aromatic heterocycles. The highest BCUT2D eigenvalue weighted by atomic mass is 32.2. The molecule has 0 aliphatic carbocycles. The predicted octanol–water partition coefficient (Wildman–Crippen LogP) is 3.11. The lowest BCUT2D eigenvalue weighted by Gasteiger charge is -2.26. The number of hydrogen-bond donors (Lipinski definition) is 2. The quantitative estimate of drug-likeness (QED) is 0.733. The van der Waals surface area contributed by atoms with Crippen LogP contribution in [0.2, 0.25) is 0 Å². The van der Waals surface area contributed by atoms with Gasteiger partial charge in [0.1, 0.15) is 0 Å². The molecule has 4 rings (SSSR count). The third kappa shape index (κ3) is 4.83. The van der Waals surface area contributed by atoms with Gasteiger partial charge < -0.3 is 10.1 Å². The molecule has 0 bridgehead atoms. The Morgan fingerprint density at radius 3 is 2.83 bits per heavy atom. The fourth-order valence-electron chi connectivity index (χ4n) is 3.63. The molecule has 1 amide bonds. The van der Waals surface area contributed by atoms with Gasteiger partial charge >= 0.3 is 0 Å². The van der Waals surface area contributed by atoms with Gasteiger partial charge in [-0.05, 0) is 49.1 Å². The molecule has 1 fully saturated rings. The van der Waals surface area contributed by atoms with Crippen LogP contribution in [0.5, 0.6) is 0 Å². The summed E-state index contributed by atoms with van der Waals surface area (Å²) in [4.78, 5) is 14.1. The van der Waals surface area contributed by atoms with E-state index < -0.39 is 10.0 Å². The molecule has 2 aromatic carbocycles. The minimum atomic E-state index is -3.70. The van der Waals surface area contributed by atoms with Crippen LogP contribution in [0.15, 0.2) is 58.3 Å². The molecule has 0 radical (unpaired) electrons. The van der Waals surface area contributed by atoms with Crippen molar-refractivity contribution in [2.45, 2.75) is 41.2 Å². The van der Waals surface area contributed by atoms with Crippen molar-refractivity contribution < 1.29 is 17.9 Å². The van der Waals surface area contributed by atoms with Crippen LogP contribution in [0.4, 0.5) is 0 Å². The zero-order chi connectivity index (χ0) is 20.3. The monoisotopic (exact) mass is 432 g/mol. The molecule has 154 valence electrons. The lowest BCUT2D eigenvalue weighted by molar-refractivity contribution is 0.0934. The van der Waals surface area contributed by atoms with Crippen LogP contribution in [0, 0.1) is 0 Å². The maximum Gasteiger partial charge on any atom is 0.251 e. The molecule has 2 aliphatic heterocycles. The lowest BCUT2D eigenvalue weighted by atomic mass is 10.0. The number of hydrogen-bond acceptors (Lipinski definition) is 5. The number of benzene rings is 2. The summed E-state index contributed by atoms with van der Waals surface area (Å²) in [5.41, 5.74) is 1.44. The van der Waals surface area contributed by atoms with E-state index >= 15 is 0 Å². The molecule has 1 saturated heterocycles. The predicted molar refractivity (Wildman–Crippen MR) is 113 cm³/mol. The second kappa shape index (κ2) is 8.87. The molecule has 2 atom stereocenters. The van der Waals surface area contributed by atoms with Gasteiger partial charge in [-0.2, -0.15) is 0 Å². The van der Waals surface area contributed by atoms with E-state index in [4.69, 9.17) is 4.74 Å². The molecule has 29 heavy (non-hydrogen) atoms. The van der Waals surface area contributed by atoms with Crippen molar-refractivity contribution in [1.82, 2.24) is 10.0 Å². The second-order valence-electron chi connectivity index (χ2n) is 7.22. The maximum absolute atomic E-state index is 12.8. The second-order valence-corrected chi connectivity index (χ2v) is 10.1. The minimum Gasteiger partial charge on any atom is -0.377 e. The summed E-state index contributed by atoms with van der Waals surface area (Å²) in [6, 6.07) is 14.1. The number of fused-ring (bicyclic) bond motifs is 1. The number of ether oxygens (including phenoxy) is 1. The van der Waals surface area contributed by atoms with E-state index in [-0.39, 0.29) is 29.5 Å². The van der Waals surface area contributed by atoms with Crippen LogP contribution in [-0.4, -0.2) is 39.3 Å². The van der Waals surface area contributed by atoms with Crippen LogP contribution in [0.25, 0.3) is 0 Å². The van der Waals surface area contributed by atoms with Gasteiger partial charge in [-0.25, -0.2) is 13.1 Å². The summed E-state index contributed by atoms with van der Waals surface area (Å²) < 4.78 is 33.3. The van der Waals surface area contributed by atoms with Crippen LogP contribution in [0.3, 0.4) is 0 Å². The minimum absolute atomic E-state index is 0.0714. The fraction of sp³-hybridized carbons (Fsp3) is 0.381. The Kier molecular flexibility index (Phi) is 6.24. The normalized spacial score (nSPS) is 21.5. The molecule has 0 saturated carbocycles. The highest BCUT2D eigenvalue weighted by Crippen LogP contribution is 2.35. The Morgan fingerprint density at radius 1 is 1.14 bits per heavy atom. The van der Waals surface area contributed by atoms with Gasteiger partial charge in [0.2, 0.25) is 10.0 Å². The average Bonchev–Trinajstić information content (AvgIpc) is 3.26. The van der Waals surface area contributed by atoms with Gasteiger partial charge in [-0.3, -0.25) is 4.79 Å². The molecule has 6 nitrogen and oxygen atoms in total. The van der Waals surface area contributed by atoms with Crippen LogP contribution < -0.4 is 10.0 Å². The molecular weight excluding hydrogens is 408 g/mol. The largest absolute Gasteiger partial charge is 0.377 e. The van der Waals surface area contributed by atoms with Crippen molar-refractivity contribution in [2.75, 3.05) is 18.9 Å². The first-order valence-electron chi connectivity index (χ1n) is 9.77. The van der Waals surface area contributed by atoms with Crippen molar-refractivity contribution in [3.05, 3.63) is 59.7 Å². The first-order valence-corrected chi connectivity index (χ1v) is 12.2. The zero-order valence-corrected chi connectivity index (χ0v) is 17.6. The number of amides is 1. The summed E-state index contributed by atoms with van der Waals surface area (Å²) in [5, 5.41) is 3.06. The summed E-state index contributed by atoms with van der Waals surface area (Å²) >= 11 is 1.79. The van der Waals surface area contributed by atoms with Crippen molar-refractivity contribution in [1.29, 1.82) is 0 Å². The van der Waals surface area contributed by atoms with Crippen LogP contribution >= 0.6 is 11.8 Å². The van der Waals surface area contributed by atoms with Gasteiger partial charge in [0, 0.05) is 29.4 Å². The molecule has 0 unspecified atom stereocenters. The number of sulfonamides is 1. The Balaban J connectivity index is 1.46. The first-order chi connectivity index (χ1) is 14.0. The van der Waals surface area contributed by atoms with Gasteiger partial charge in [0.25, 0.3) is 5.91 Å². The average molecular weight is 433 g/mol. The molecule has 0 spiro atoms. The van der Waals surface area contributed by atoms with Gasteiger partial charge in [-0.1, -0.05) is 24.3 Å². The number of rotatable bonds is 6. The smallest absolute Gasteiger partial charge is 0.251 e. The van der Waals surface area contributed by atoms with E-state index in [2.05, 4.69) is 16.1 Å². The van der Waals surface area contributed by atoms with Crippen molar-refractivity contribution in [3.8, 4) is 0 Å². The molecule has 2 N–H and O–H groups in total. The third-order valence-corrected chi connectivity index (χ3v) is 7.74. The number of carbonyl (C=O) groups excluding carboxylic acids is 1. The standard InChI is InChI=1S/C21H24N2O4S2/c24-21(23-19-10-12-28-20-9-2-1-8-18(19)20)15-5-3-7-17(13-15)29(25,26)22-14-16-6-4-11-27-16/h1-3,5,7-9,13,16,19,22H,4,6,10-12,14H2,(H,23,24)/t16-,19-/m1/s1. The maximum atomic E-state index is 12.8. The van der Waals surface area contributed by atoms with Crippen LogP contribution in [-0.2, 0) is 14.8 Å². The van der Waals surface area contributed by atoms with Gasteiger partial charge in [-0.15, -0.1) is 11.8 Å². The topological polar surface area (TPSA) is 84.5 Å². The van der Waals surface area contributed by atoms with E-state index in [9.17, 15) is 13.2 Å². The van der Waals surface area contributed by atoms with Crippen molar-refractivity contribution in [3.63, 3.8) is 0 Å². The summed E-state index contributed by atoms with van der Waals surface area (Å²) in [7, 11) is -3.70. The number of carbonyl (C=O) groups is 1. The highest BCUT2D eigenvalue weighted by Gasteiger charge is 2.24. The van der Waals surface area contributed by atoms with E-state index in [0.717, 1.165) is 30.6 Å². The summed E-state index contributed by atoms with van der Waals surface area (Å²) in [6.07, 6.45) is 2.56. The zero-order valence-electron chi connectivity index (χ0n) is 16.0. The molecule has 2 heterocycles. The molecular formula is C21H24N2O4S2.